The number of H-pyrrole nitrogens is 1. The number of hydrogen-bond acceptors (Lipinski definition) is 2. The molecule has 0 aromatic carbocycles. The molecular weight excluding hydrogens is 164 g/mol. The lowest BCUT2D eigenvalue weighted by Crippen LogP contribution is -2.15. The van der Waals surface area contributed by atoms with Crippen LogP contribution < -0.4 is 0 Å². The second-order valence-corrected chi connectivity index (χ2v) is 4.60. The van der Waals surface area contributed by atoms with Crippen LogP contribution >= 0.6 is 0 Å². The molecule has 3 nitrogen and oxygen atoms in total. The number of aryl methyl sites for hydroxylation is 1. The van der Waals surface area contributed by atoms with Gasteiger partial charge in [0.25, 0.3) is 0 Å². The Morgan fingerprint density at radius 3 is 2.62 bits per heavy atom. The number of carbonyl (C=O) groups excluding carboxylic acids is 1. The molecule has 0 atom stereocenters. The number of nitrogens with one attached hydrogen (secondary N) is 1. The average Bonchev–Trinajstić information content (AvgIpc) is 2.51. The van der Waals surface area contributed by atoms with Crippen LogP contribution in [0.5, 0.6) is 0 Å². The van der Waals surface area contributed by atoms with Gasteiger partial charge in [0.2, 0.25) is 0 Å². The number of hydrogen-bond donors (Lipinski definition) is 1. The van der Waals surface area contributed by atoms with Gasteiger partial charge in [-0.3, -0.25) is 9.89 Å². The van der Waals surface area contributed by atoms with Crippen molar-refractivity contribution in [3.63, 3.8) is 0 Å². The van der Waals surface area contributed by atoms with Crippen LogP contribution in [0.4, 0.5) is 0 Å². The molecule has 2 rings (SSSR count). The predicted octanol–water partition coefficient (Wildman–Crippen LogP) is 1.84. The predicted molar refractivity (Wildman–Crippen MR) is 49.9 cm³/mol. The van der Waals surface area contributed by atoms with E-state index in [4.69, 9.17) is 0 Å². The molecule has 70 valence electrons. The second kappa shape index (κ2) is 2.44. The van der Waals surface area contributed by atoms with Gasteiger partial charge in [0.1, 0.15) is 0 Å². The Labute approximate surface area is 77.5 Å². The zero-order valence-electron chi connectivity index (χ0n) is 8.27. The second-order valence-electron chi connectivity index (χ2n) is 4.60. The van der Waals surface area contributed by atoms with Gasteiger partial charge in [0, 0.05) is 17.5 Å². The summed E-state index contributed by atoms with van der Waals surface area (Å²) in [6.45, 7) is 6.24. The molecule has 0 fully saturated rings. The molecule has 0 aliphatic heterocycles. The molecule has 1 aromatic rings. The minimum absolute atomic E-state index is 0.0376. The molecule has 1 N–H and O–H groups in total. The van der Waals surface area contributed by atoms with E-state index in [1.54, 1.807) is 0 Å². The smallest absolute Gasteiger partial charge is 0.167 e. The van der Waals surface area contributed by atoms with E-state index in [1.807, 2.05) is 0 Å². The van der Waals surface area contributed by atoms with Gasteiger partial charge in [0.15, 0.2) is 5.78 Å². The first-order valence-corrected chi connectivity index (χ1v) is 4.61. The van der Waals surface area contributed by atoms with Gasteiger partial charge in [-0.15, -0.1) is 0 Å². The van der Waals surface area contributed by atoms with Gasteiger partial charge in [-0.1, -0.05) is 20.8 Å². The maximum Gasteiger partial charge on any atom is 0.167 e. The highest BCUT2D eigenvalue weighted by molar-refractivity contribution is 6.01. The summed E-state index contributed by atoms with van der Waals surface area (Å²) in [4.78, 5) is 11.5. The fraction of sp³-hybridized carbons (Fsp3) is 0.600. The first-order chi connectivity index (χ1) is 6.00. The number of ketones is 1. The summed E-state index contributed by atoms with van der Waals surface area (Å²) in [5.41, 5.74) is 2.76. The number of Topliss-reactive ketones (excluding diaryl/α,β-unsaturated/α-hetero) is 1. The van der Waals surface area contributed by atoms with E-state index in [1.165, 1.54) is 0 Å². The Morgan fingerprint density at radius 2 is 2.00 bits per heavy atom. The Balaban J connectivity index is 2.56. The summed E-state index contributed by atoms with van der Waals surface area (Å²) in [6.07, 6.45) is 1.48. The van der Waals surface area contributed by atoms with Crippen LogP contribution in [-0.2, 0) is 11.8 Å². The van der Waals surface area contributed by atoms with E-state index < -0.39 is 0 Å². The molecule has 0 spiro atoms. The highest BCUT2D eigenvalue weighted by Crippen LogP contribution is 2.30. The molecular formula is C10H14N2O. The van der Waals surface area contributed by atoms with E-state index in [9.17, 15) is 4.79 Å². The quantitative estimate of drug-likeness (QED) is 0.658. The summed E-state index contributed by atoms with van der Waals surface area (Å²) in [7, 11) is 0. The van der Waals surface area contributed by atoms with Crippen molar-refractivity contribution in [3.05, 3.63) is 17.0 Å². The number of nitrogens with zero attached hydrogens (tertiary/aromatic N) is 1. The van der Waals surface area contributed by atoms with Gasteiger partial charge < -0.3 is 0 Å². The fourth-order valence-corrected chi connectivity index (χ4v) is 1.77. The average molecular weight is 178 g/mol. The van der Waals surface area contributed by atoms with E-state index in [0.717, 1.165) is 23.4 Å². The topological polar surface area (TPSA) is 45.8 Å². The van der Waals surface area contributed by atoms with Crippen LogP contribution in [0.15, 0.2) is 0 Å². The summed E-state index contributed by atoms with van der Waals surface area (Å²) < 4.78 is 0. The molecule has 1 aliphatic carbocycles. The molecule has 1 heterocycles. The van der Waals surface area contributed by atoms with Crippen molar-refractivity contribution >= 4 is 5.78 Å². The Bertz CT molecular complexity index is 357. The number of aromatic amines is 1. The highest BCUT2D eigenvalue weighted by Gasteiger charge is 2.31. The highest BCUT2D eigenvalue weighted by atomic mass is 16.1. The number of carbonyl (C=O) groups is 1. The lowest BCUT2D eigenvalue weighted by molar-refractivity contribution is 0.0992. The van der Waals surface area contributed by atoms with Crippen molar-refractivity contribution < 1.29 is 4.79 Å². The van der Waals surface area contributed by atoms with Crippen molar-refractivity contribution in [1.29, 1.82) is 0 Å². The third-order valence-electron chi connectivity index (χ3n) is 2.43. The molecule has 0 radical (unpaired) electrons. The zero-order valence-corrected chi connectivity index (χ0v) is 8.27. The van der Waals surface area contributed by atoms with Crippen LogP contribution in [0.1, 0.15) is 48.9 Å². The Hall–Kier alpha value is -1.12. The molecule has 13 heavy (non-hydrogen) atoms. The van der Waals surface area contributed by atoms with Crippen LogP contribution in [0.3, 0.4) is 0 Å². The first kappa shape index (κ1) is 8.48. The SMILES string of the molecule is CC(C)(C)c1n[nH]c2c1C(=O)CC2. The third kappa shape index (κ3) is 1.19. The van der Waals surface area contributed by atoms with Gasteiger partial charge in [-0.25, -0.2) is 0 Å². The maximum absolute atomic E-state index is 11.5. The molecule has 1 aromatic heterocycles. The van der Waals surface area contributed by atoms with Crippen LogP contribution in [0.25, 0.3) is 0 Å². The number of fused-ring (bicyclic) bond motifs is 1. The molecule has 0 saturated carbocycles. The van der Waals surface area contributed by atoms with Crippen molar-refractivity contribution in [2.24, 2.45) is 0 Å². The van der Waals surface area contributed by atoms with Gasteiger partial charge in [-0.2, -0.15) is 5.10 Å². The first-order valence-electron chi connectivity index (χ1n) is 4.61. The van der Waals surface area contributed by atoms with Crippen molar-refractivity contribution in [2.45, 2.75) is 39.0 Å². The monoisotopic (exact) mass is 178 g/mol. The van der Waals surface area contributed by atoms with E-state index in [2.05, 4.69) is 31.0 Å². The van der Waals surface area contributed by atoms with Gasteiger partial charge in [-0.05, 0) is 6.42 Å². The van der Waals surface area contributed by atoms with Crippen LogP contribution in [0, 0.1) is 0 Å². The molecule has 0 saturated heterocycles. The fourth-order valence-electron chi connectivity index (χ4n) is 1.77. The Kier molecular flexibility index (Phi) is 1.59. The van der Waals surface area contributed by atoms with Gasteiger partial charge >= 0.3 is 0 Å². The summed E-state index contributed by atoms with van der Waals surface area (Å²) in [5.74, 6) is 0.244. The molecule has 1 aliphatic rings. The minimum atomic E-state index is -0.0376. The van der Waals surface area contributed by atoms with E-state index >= 15 is 0 Å². The Morgan fingerprint density at radius 1 is 1.31 bits per heavy atom. The van der Waals surface area contributed by atoms with Crippen molar-refractivity contribution in [2.75, 3.05) is 0 Å². The van der Waals surface area contributed by atoms with Crippen LogP contribution in [-0.4, -0.2) is 16.0 Å². The normalized spacial score (nSPS) is 16.4. The summed E-state index contributed by atoms with van der Waals surface area (Å²) in [5, 5.41) is 7.17. The minimum Gasteiger partial charge on any atom is -0.294 e. The van der Waals surface area contributed by atoms with Gasteiger partial charge in [0.05, 0.1) is 11.3 Å². The molecule has 0 amide bonds. The lowest BCUT2D eigenvalue weighted by atomic mass is 9.89. The third-order valence-corrected chi connectivity index (χ3v) is 2.43. The lowest BCUT2D eigenvalue weighted by Gasteiger charge is -2.15. The standard InChI is InChI=1S/C10H14N2O/c1-10(2,3)9-8-6(11-12-9)4-5-7(8)13/h4-5H2,1-3H3,(H,11,12). The maximum atomic E-state index is 11.5. The number of rotatable bonds is 0. The van der Waals surface area contributed by atoms with Crippen LogP contribution in [0.2, 0.25) is 0 Å². The van der Waals surface area contributed by atoms with Crippen molar-refractivity contribution in [3.8, 4) is 0 Å². The van der Waals surface area contributed by atoms with Crippen molar-refractivity contribution in [1.82, 2.24) is 10.2 Å². The molecule has 0 unspecified atom stereocenters. The summed E-state index contributed by atoms with van der Waals surface area (Å²) in [6, 6.07) is 0. The van der Waals surface area contributed by atoms with E-state index in [-0.39, 0.29) is 11.2 Å². The largest absolute Gasteiger partial charge is 0.294 e. The zero-order chi connectivity index (χ0) is 9.64. The number of aromatic nitrogens is 2. The van der Waals surface area contributed by atoms with E-state index in [0.29, 0.717) is 6.42 Å². The molecule has 0 bridgehead atoms. The summed E-state index contributed by atoms with van der Waals surface area (Å²) >= 11 is 0. The molecule has 3 heteroatoms.